The average Bonchev–Trinajstić information content (AvgIpc) is 2.19. The highest BCUT2D eigenvalue weighted by atomic mass is 16.2. The number of nitrogen functional groups attached to an aromatic ring is 1. The topological polar surface area (TPSA) is 71.2 Å². The molecule has 0 aliphatic carbocycles. The molecule has 5 heteroatoms. The Morgan fingerprint density at radius 1 is 1.53 bits per heavy atom. The molecule has 0 radical (unpaired) electrons. The summed E-state index contributed by atoms with van der Waals surface area (Å²) in [4.78, 5) is 17.0. The van der Waals surface area contributed by atoms with Gasteiger partial charge in [-0.15, -0.1) is 0 Å². The van der Waals surface area contributed by atoms with E-state index in [0.29, 0.717) is 11.5 Å². The number of aryl methyl sites for hydroxylation is 1. The quantitative estimate of drug-likeness (QED) is 0.757. The van der Waals surface area contributed by atoms with Gasteiger partial charge in [-0.2, -0.15) is 0 Å². The number of nitrogens with two attached hydrogens (primary N) is 1. The lowest BCUT2D eigenvalue weighted by Gasteiger charge is -2.11. The molecule has 0 spiro atoms. The van der Waals surface area contributed by atoms with Gasteiger partial charge in [-0.3, -0.25) is 4.79 Å². The SMILES string of the molecule is Cc1nc(NCC(=O)N(C)C)ccc1N. The molecule has 0 atom stereocenters. The number of likely N-dealkylation sites (N-methyl/N-ethyl adjacent to an activating group) is 1. The van der Waals surface area contributed by atoms with Crippen molar-refractivity contribution in [3.8, 4) is 0 Å². The predicted molar refractivity (Wildman–Crippen MR) is 60.6 cm³/mol. The first-order valence-electron chi connectivity index (χ1n) is 4.68. The van der Waals surface area contributed by atoms with Gasteiger partial charge in [0.25, 0.3) is 0 Å². The second-order valence-electron chi connectivity index (χ2n) is 3.51. The monoisotopic (exact) mass is 208 g/mol. The molecule has 0 fully saturated rings. The standard InChI is InChI=1S/C10H16N4O/c1-7-8(11)4-5-9(13-7)12-6-10(15)14(2)3/h4-5H,6,11H2,1-3H3,(H,12,13). The van der Waals surface area contributed by atoms with E-state index in [-0.39, 0.29) is 12.5 Å². The molecule has 0 aliphatic rings. The summed E-state index contributed by atoms with van der Waals surface area (Å²) in [5.74, 6) is 0.670. The molecule has 0 saturated heterocycles. The Bertz CT molecular complexity index is 362. The minimum Gasteiger partial charge on any atom is -0.397 e. The molecule has 0 aromatic carbocycles. The van der Waals surface area contributed by atoms with Crippen LogP contribution in [0, 0.1) is 6.92 Å². The summed E-state index contributed by atoms with van der Waals surface area (Å²) in [6.07, 6.45) is 0. The number of aromatic nitrogens is 1. The first-order valence-corrected chi connectivity index (χ1v) is 4.68. The second kappa shape index (κ2) is 4.63. The molecule has 1 heterocycles. The number of nitrogens with one attached hydrogen (secondary N) is 1. The Kier molecular flexibility index (Phi) is 3.49. The van der Waals surface area contributed by atoms with Gasteiger partial charge in [-0.05, 0) is 19.1 Å². The molecule has 0 aliphatic heterocycles. The molecule has 0 saturated carbocycles. The van der Waals surface area contributed by atoms with Crippen LogP contribution in [0.2, 0.25) is 0 Å². The molecule has 3 N–H and O–H groups in total. The van der Waals surface area contributed by atoms with Crippen LogP contribution in [-0.2, 0) is 4.79 Å². The Morgan fingerprint density at radius 3 is 2.73 bits per heavy atom. The van der Waals surface area contributed by atoms with Crippen molar-refractivity contribution in [3.05, 3.63) is 17.8 Å². The number of hydrogen-bond donors (Lipinski definition) is 2. The Hall–Kier alpha value is -1.78. The molecule has 15 heavy (non-hydrogen) atoms. The molecule has 1 rings (SSSR count). The largest absolute Gasteiger partial charge is 0.397 e. The van der Waals surface area contributed by atoms with E-state index in [9.17, 15) is 4.79 Å². The molecule has 1 amide bonds. The lowest BCUT2D eigenvalue weighted by Crippen LogP contribution is -2.28. The van der Waals surface area contributed by atoms with E-state index in [1.807, 2.05) is 6.92 Å². The number of carbonyl (C=O) groups is 1. The van der Waals surface area contributed by atoms with Crippen molar-refractivity contribution < 1.29 is 4.79 Å². The number of rotatable bonds is 3. The average molecular weight is 208 g/mol. The van der Waals surface area contributed by atoms with Gasteiger partial charge in [0.1, 0.15) is 5.82 Å². The highest BCUT2D eigenvalue weighted by molar-refractivity contribution is 5.80. The van der Waals surface area contributed by atoms with Gasteiger partial charge in [0.15, 0.2) is 0 Å². The molecule has 1 aromatic heterocycles. The lowest BCUT2D eigenvalue weighted by molar-refractivity contribution is -0.126. The molecular formula is C10H16N4O. The maximum atomic E-state index is 11.3. The highest BCUT2D eigenvalue weighted by Gasteiger charge is 2.04. The van der Waals surface area contributed by atoms with Crippen LogP contribution in [0.1, 0.15) is 5.69 Å². The van der Waals surface area contributed by atoms with Crippen LogP contribution in [0.5, 0.6) is 0 Å². The highest BCUT2D eigenvalue weighted by Crippen LogP contribution is 2.11. The van der Waals surface area contributed by atoms with Crippen molar-refractivity contribution in [1.82, 2.24) is 9.88 Å². The van der Waals surface area contributed by atoms with E-state index in [0.717, 1.165) is 5.69 Å². The molecule has 5 nitrogen and oxygen atoms in total. The lowest BCUT2D eigenvalue weighted by atomic mass is 10.3. The molecular weight excluding hydrogens is 192 g/mol. The summed E-state index contributed by atoms with van der Waals surface area (Å²) >= 11 is 0. The summed E-state index contributed by atoms with van der Waals surface area (Å²) in [7, 11) is 3.43. The summed E-state index contributed by atoms with van der Waals surface area (Å²) in [5, 5.41) is 2.94. The number of pyridine rings is 1. The maximum absolute atomic E-state index is 11.3. The van der Waals surface area contributed by atoms with E-state index in [1.165, 1.54) is 4.90 Å². The van der Waals surface area contributed by atoms with Crippen LogP contribution in [0.25, 0.3) is 0 Å². The smallest absolute Gasteiger partial charge is 0.241 e. The number of amides is 1. The first kappa shape index (κ1) is 11.3. The second-order valence-corrected chi connectivity index (χ2v) is 3.51. The van der Waals surface area contributed by atoms with Crippen LogP contribution in [0.3, 0.4) is 0 Å². The Balaban J connectivity index is 2.58. The zero-order valence-corrected chi connectivity index (χ0v) is 9.24. The van der Waals surface area contributed by atoms with Crippen molar-refractivity contribution in [3.63, 3.8) is 0 Å². The first-order chi connectivity index (χ1) is 7.00. The zero-order valence-electron chi connectivity index (χ0n) is 9.24. The summed E-state index contributed by atoms with van der Waals surface area (Å²) in [6, 6.07) is 3.52. The fourth-order valence-electron chi connectivity index (χ4n) is 0.995. The van der Waals surface area contributed by atoms with Crippen molar-refractivity contribution in [2.24, 2.45) is 0 Å². The summed E-state index contributed by atoms with van der Waals surface area (Å²) < 4.78 is 0. The molecule has 82 valence electrons. The van der Waals surface area contributed by atoms with Gasteiger partial charge >= 0.3 is 0 Å². The third-order valence-corrected chi connectivity index (χ3v) is 2.05. The number of nitrogens with zero attached hydrogens (tertiary/aromatic N) is 2. The number of anilines is 2. The molecule has 0 unspecified atom stereocenters. The van der Waals surface area contributed by atoms with Crippen molar-refractivity contribution >= 4 is 17.4 Å². The third kappa shape index (κ3) is 3.12. The Labute approximate surface area is 89.3 Å². The number of hydrogen-bond acceptors (Lipinski definition) is 4. The van der Waals surface area contributed by atoms with Crippen LogP contribution < -0.4 is 11.1 Å². The van der Waals surface area contributed by atoms with E-state index in [4.69, 9.17) is 5.73 Å². The van der Waals surface area contributed by atoms with Gasteiger partial charge in [-0.1, -0.05) is 0 Å². The van der Waals surface area contributed by atoms with E-state index in [1.54, 1.807) is 26.2 Å². The van der Waals surface area contributed by atoms with Gasteiger partial charge < -0.3 is 16.0 Å². The van der Waals surface area contributed by atoms with Gasteiger partial charge in [-0.25, -0.2) is 4.98 Å². The van der Waals surface area contributed by atoms with Crippen LogP contribution >= 0.6 is 0 Å². The zero-order chi connectivity index (χ0) is 11.4. The predicted octanol–water partition coefficient (Wildman–Crippen LogP) is 0.472. The fraction of sp³-hybridized carbons (Fsp3) is 0.400. The van der Waals surface area contributed by atoms with Crippen LogP contribution in [-0.4, -0.2) is 36.4 Å². The summed E-state index contributed by atoms with van der Waals surface area (Å²) in [5.41, 5.74) is 7.04. The molecule has 1 aromatic rings. The fourth-order valence-corrected chi connectivity index (χ4v) is 0.995. The van der Waals surface area contributed by atoms with Crippen molar-refractivity contribution in [2.45, 2.75) is 6.92 Å². The molecule has 0 bridgehead atoms. The van der Waals surface area contributed by atoms with E-state index >= 15 is 0 Å². The van der Waals surface area contributed by atoms with Gasteiger partial charge in [0.2, 0.25) is 5.91 Å². The maximum Gasteiger partial charge on any atom is 0.241 e. The van der Waals surface area contributed by atoms with E-state index < -0.39 is 0 Å². The summed E-state index contributed by atoms with van der Waals surface area (Å²) in [6.45, 7) is 2.07. The van der Waals surface area contributed by atoms with Crippen molar-refractivity contribution in [2.75, 3.05) is 31.7 Å². The number of carbonyl (C=O) groups excluding carboxylic acids is 1. The third-order valence-electron chi connectivity index (χ3n) is 2.05. The van der Waals surface area contributed by atoms with Crippen LogP contribution in [0.15, 0.2) is 12.1 Å². The Morgan fingerprint density at radius 2 is 2.20 bits per heavy atom. The van der Waals surface area contributed by atoms with Crippen molar-refractivity contribution in [1.29, 1.82) is 0 Å². The minimum absolute atomic E-state index is 0.00581. The van der Waals surface area contributed by atoms with Gasteiger partial charge in [0, 0.05) is 14.1 Å². The normalized spacial score (nSPS) is 9.80. The van der Waals surface area contributed by atoms with E-state index in [2.05, 4.69) is 10.3 Å². The minimum atomic E-state index is 0.00581. The van der Waals surface area contributed by atoms with Crippen LogP contribution in [0.4, 0.5) is 11.5 Å². The van der Waals surface area contributed by atoms with Gasteiger partial charge in [0.05, 0.1) is 17.9 Å².